The first-order valence-corrected chi connectivity index (χ1v) is 9.26. The lowest BCUT2D eigenvalue weighted by Gasteiger charge is -2.06. The van der Waals surface area contributed by atoms with Crippen LogP contribution < -0.4 is 11.1 Å². The van der Waals surface area contributed by atoms with E-state index in [0.29, 0.717) is 42.0 Å². The highest BCUT2D eigenvalue weighted by molar-refractivity contribution is 9.10. The smallest absolute Gasteiger partial charge is 0.252 e. The molecule has 0 aliphatic rings. The van der Waals surface area contributed by atoms with E-state index < -0.39 is 0 Å². The van der Waals surface area contributed by atoms with E-state index in [2.05, 4.69) is 32.4 Å². The van der Waals surface area contributed by atoms with Gasteiger partial charge in [0.25, 0.3) is 5.91 Å². The average Bonchev–Trinajstić information content (AvgIpc) is 3.01. The highest BCUT2D eigenvalue weighted by Gasteiger charge is 2.16. The maximum atomic E-state index is 12.2. The molecule has 1 aromatic heterocycles. The third-order valence-electron chi connectivity index (χ3n) is 4.10. The van der Waals surface area contributed by atoms with Crippen molar-refractivity contribution in [2.24, 2.45) is 0 Å². The van der Waals surface area contributed by atoms with Gasteiger partial charge in [0.1, 0.15) is 17.5 Å². The predicted molar refractivity (Wildman–Crippen MR) is 107 cm³/mol. The number of nitrogens with zero attached hydrogens (tertiary/aromatic N) is 3. The van der Waals surface area contributed by atoms with Crippen LogP contribution in [0, 0.1) is 11.3 Å². The van der Waals surface area contributed by atoms with Crippen LogP contribution in [-0.2, 0) is 6.42 Å². The summed E-state index contributed by atoms with van der Waals surface area (Å²) in [5, 5.41) is 16.8. The molecular weight excluding hydrogens is 406 g/mol. The molecule has 136 valence electrons. The van der Waals surface area contributed by atoms with Crippen molar-refractivity contribution in [2.75, 3.05) is 12.3 Å². The van der Waals surface area contributed by atoms with Crippen LogP contribution in [-0.4, -0.2) is 22.2 Å². The van der Waals surface area contributed by atoms with Crippen LogP contribution >= 0.6 is 15.9 Å². The van der Waals surface area contributed by atoms with E-state index in [-0.39, 0.29) is 5.91 Å². The SMILES string of the molecule is N#Cc1c(CCCNC(=O)c2ccccc2Br)nn(-c2ccccc2)c1N. The molecule has 7 heteroatoms. The number of carbonyl (C=O) groups excluding carboxylic acids is 1. The van der Waals surface area contributed by atoms with Crippen LogP contribution in [0.1, 0.15) is 28.0 Å². The Bertz CT molecular complexity index is 991. The van der Waals surface area contributed by atoms with Gasteiger partial charge in [-0.25, -0.2) is 4.68 Å². The van der Waals surface area contributed by atoms with Gasteiger partial charge in [0, 0.05) is 11.0 Å². The van der Waals surface area contributed by atoms with Gasteiger partial charge in [-0.05, 0) is 53.0 Å². The molecule has 0 radical (unpaired) electrons. The van der Waals surface area contributed by atoms with Crippen LogP contribution in [0.4, 0.5) is 5.82 Å². The van der Waals surface area contributed by atoms with Gasteiger partial charge in [0.2, 0.25) is 0 Å². The minimum Gasteiger partial charge on any atom is -0.382 e. The number of nitrogen functional groups attached to an aromatic ring is 1. The molecule has 27 heavy (non-hydrogen) atoms. The molecule has 2 aromatic carbocycles. The number of benzene rings is 2. The molecule has 0 bridgehead atoms. The Hall–Kier alpha value is -3.11. The van der Waals surface area contributed by atoms with Gasteiger partial charge in [0.15, 0.2) is 0 Å². The van der Waals surface area contributed by atoms with E-state index >= 15 is 0 Å². The number of aryl methyl sites for hydroxylation is 1. The quantitative estimate of drug-likeness (QED) is 0.593. The van der Waals surface area contributed by atoms with Crippen LogP contribution in [0.2, 0.25) is 0 Å². The van der Waals surface area contributed by atoms with E-state index in [9.17, 15) is 10.1 Å². The van der Waals surface area contributed by atoms with E-state index in [1.54, 1.807) is 10.7 Å². The average molecular weight is 424 g/mol. The minimum absolute atomic E-state index is 0.141. The number of hydrogen-bond acceptors (Lipinski definition) is 4. The standard InChI is InChI=1S/C20H18BrN5O/c21-17-10-5-4-9-15(17)20(27)24-12-6-11-18-16(13-22)19(23)26(25-18)14-7-2-1-3-8-14/h1-5,7-10H,6,11-12,23H2,(H,24,27). The van der Waals surface area contributed by atoms with Crippen LogP contribution in [0.25, 0.3) is 5.69 Å². The molecule has 3 rings (SSSR count). The van der Waals surface area contributed by atoms with Gasteiger partial charge >= 0.3 is 0 Å². The van der Waals surface area contributed by atoms with Crippen molar-refractivity contribution >= 4 is 27.7 Å². The molecule has 0 saturated heterocycles. The molecule has 6 nitrogen and oxygen atoms in total. The summed E-state index contributed by atoms with van der Waals surface area (Å²) in [4.78, 5) is 12.2. The number of carbonyl (C=O) groups is 1. The molecule has 0 saturated carbocycles. The third kappa shape index (κ3) is 4.18. The van der Waals surface area contributed by atoms with Crippen molar-refractivity contribution in [3.05, 3.63) is 75.9 Å². The van der Waals surface area contributed by atoms with Crippen LogP contribution in [0.3, 0.4) is 0 Å². The Morgan fingerprint density at radius 1 is 1.19 bits per heavy atom. The summed E-state index contributed by atoms with van der Waals surface area (Å²) in [5.41, 5.74) is 8.51. The summed E-state index contributed by atoms with van der Waals surface area (Å²) >= 11 is 3.37. The van der Waals surface area contributed by atoms with Crippen LogP contribution in [0.15, 0.2) is 59.1 Å². The Balaban J connectivity index is 1.64. The second-order valence-electron chi connectivity index (χ2n) is 5.91. The summed E-state index contributed by atoms with van der Waals surface area (Å²) in [7, 11) is 0. The van der Waals surface area contributed by atoms with Crippen molar-refractivity contribution in [2.45, 2.75) is 12.8 Å². The van der Waals surface area contributed by atoms with Gasteiger partial charge in [-0.3, -0.25) is 4.79 Å². The fraction of sp³-hybridized carbons (Fsp3) is 0.150. The fourth-order valence-corrected chi connectivity index (χ4v) is 3.20. The second kappa shape index (κ2) is 8.52. The van der Waals surface area contributed by atoms with E-state index in [4.69, 9.17) is 5.73 Å². The van der Waals surface area contributed by atoms with Gasteiger partial charge in [-0.15, -0.1) is 0 Å². The number of aromatic nitrogens is 2. The lowest BCUT2D eigenvalue weighted by atomic mass is 10.1. The Labute approximate surface area is 165 Å². The molecule has 0 spiro atoms. The number of rotatable bonds is 6. The molecule has 1 heterocycles. The summed E-state index contributed by atoms with van der Waals surface area (Å²) < 4.78 is 2.33. The summed E-state index contributed by atoms with van der Waals surface area (Å²) in [6, 6.07) is 18.8. The molecule has 3 aromatic rings. The van der Waals surface area contributed by atoms with Crippen molar-refractivity contribution in [3.63, 3.8) is 0 Å². The van der Waals surface area contributed by atoms with Crippen LogP contribution in [0.5, 0.6) is 0 Å². The lowest BCUT2D eigenvalue weighted by molar-refractivity contribution is 0.0952. The monoisotopic (exact) mass is 423 g/mol. The van der Waals surface area contributed by atoms with Gasteiger partial charge in [-0.1, -0.05) is 30.3 Å². The molecule has 0 aliphatic carbocycles. The highest BCUT2D eigenvalue weighted by atomic mass is 79.9. The molecule has 0 unspecified atom stereocenters. The van der Waals surface area contributed by atoms with Gasteiger partial charge in [0.05, 0.1) is 16.9 Å². The summed E-state index contributed by atoms with van der Waals surface area (Å²) in [5.74, 6) is 0.188. The first-order chi connectivity index (χ1) is 13.1. The minimum atomic E-state index is -0.141. The van der Waals surface area contributed by atoms with Crippen molar-refractivity contribution < 1.29 is 4.79 Å². The van der Waals surface area contributed by atoms with E-state index in [1.807, 2.05) is 48.5 Å². The topological polar surface area (TPSA) is 96.7 Å². The number of para-hydroxylation sites is 1. The molecule has 3 N–H and O–H groups in total. The van der Waals surface area contributed by atoms with Gasteiger partial charge < -0.3 is 11.1 Å². The van der Waals surface area contributed by atoms with Crippen molar-refractivity contribution in [3.8, 4) is 11.8 Å². The largest absolute Gasteiger partial charge is 0.382 e. The number of hydrogen-bond donors (Lipinski definition) is 2. The fourth-order valence-electron chi connectivity index (χ4n) is 2.74. The molecule has 0 atom stereocenters. The zero-order valence-corrected chi connectivity index (χ0v) is 16.1. The van der Waals surface area contributed by atoms with Crippen molar-refractivity contribution in [1.82, 2.24) is 15.1 Å². The second-order valence-corrected chi connectivity index (χ2v) is 6.76. The van der Waals surface area contributed by atoms with Gasteiger partial charge in [-0.2, -0.15) is 10.4 Å². The zero-order valence-electron chi connectivity index (χ0n) is 14.5. The maximum absolute atomic E-state index is 12.2. The highest BCUT2D eigenvalue weighted by Crippen LogP contribution is 2.21. The Kier molecular flexibility index (Phi) is 5.89. The normalized spacial score (nSPS) is 10.4. The number of nitriles is 1. The molecule has 0 aliphatic heterocycles. The third-order valence-corrected chi connectivity index (χ3v) is 4.79. The number of nitrogens with two attached hydrogens (primary N) is 1. The zero-order chi connectivity index (χ0) is 19.2. The number of nitrogens with one attached hydrogen (secondary N) is 1. The molecular formula is C20H18BrN5O. The number of halogens is 1. The first-order valence-electron chi connectivity index (χ1n) is 8.47. The number of amides is 1. The predicted octanol–water partition coefficient (Wildman–Crippen LogP) is 3.45. The molecule has 0 fully saturated rings. The van der Waals surface area contributed by atoms with E-state index in [0.717, 1.165) is 10.2 Å². The summed E-state index contributed by atoms with van der Waals surface area (Å²) in [6.45, 7) is 0.475. The van der Waals surface area contributed by atoms with Crippen molar-refractivity contribution in [1.29, 1.82) is 5.26 Å². The Morgan fingerprint density at radius 3 is 2.59 bits per heavy atom. The number of anilines is 1. The summed E-state index contributed by atoms with van der Waals surface area (Å²) in [6.07, 6.45) is 1.19. The maximum Gasteiger partial charge on any atom is 0.252 e. The van der Waals surface area contributed by atoms with E-state index in [1.165, 1.54) is 0 Å². The lowest BCUT2D eigenvalue weighted by Crippen LogP contribution is -2.25. The molecule has 1 amide bonds. The Morgan fingerprint density at radius 2 is 1.89 bits per heavy atom. The first kappa shape index (κ1) is 18.7.